The Labute approximate surface area is 294 Å². The lowest BCUT2D eigenvalue weighted by Gasteiger charge is -2.13. The minimum atomic E-state index is -0.537. The minimum absolute atomic E-state index is 0.116. The molecule has 0 saturated heterocycles. The van der Waals surface area contributed by atoms with Gasteiger partial charge in [0.15, 0.2) is 5.82 Å². The smallest absolute Gasteiger partial charge is 0.339 e. The van der Waals surface area contributed by atoms with Gasteiger partial charge < -0.3 is 21.1 Å². The molecule has 4 N–H and O–H groups in total. The summed E-state index contributed by atoms with van der Waals surface area (Å²) in [4.78, 5) is 44.3. The number of fused-ring (bicyclic) bond motifs is 3. The second kappa shape index (κ2) is 16.0. The van der Waals surface area contributed by atoms with E-state index in [-0.39, 0.29) is 30.3 Å². The van der Waals surface area contributed by atoms with Gasteiger partial charge in [-0.2, -0.15) is 0 Å². The highest BCUT2D eigenvalue weighted by molar-refractivity contribution is 7.15. The van der Waals surface area contributed by atoms with Crippen LogP contribution in [0.15, 0.2) is 47.5 Å². The van der Waals surface area contributed by atoms with Gasteiger partial charge in [0.25, 0.3) is 5.91 Å². The number of aliphatic imine (C=N–C) groups is 1. The molecule has 0 spiro atoms. The third kappa shape index (κ3) is 8.08. The first kappa shape index (κ1) is 35.5. The monoisotopic (exact) mass is 699 g/mol. The number of esters is 1. The molecule has 254 valence electrons. The Bertz CT molecular complexity index is 1970. The maximum absolute atomic E-state index is 13.2. The Balaban J connectivity index is 1.17. The molecule has 2 aromatic heterocycles. The molecule has 0 aliphatic carbocycles. The number of halogens is 1. The summed E-state index contributed by atoms with van der Waals surface area (Å²) in [7, 11) is 1.29. The number of ether oxygens (including phenoxy) is 1. The van der Waals surface area contributed by atoms with Crippen LogP contribution in [0.1, 0.15) is 91.2 Å². The van der Waals surface area contributed by atoms with E-state index in [4.69, 9.17) is 27.1 Å². The van der Waals surface area contributed by atoms with E-state index >= 15 is 0 Å². The van der Waals surface area contributed by atoms with Crippen LogP contribution in [-0.2, 0) is 9.53 Å². The molecule has 0 saturated carbocycles. The van der Waals surface area contributed by atoms with Gasteiger partial charge in [-0.25, -0.2) is 4.79 Å². The Morgan fingerprint density at radius 3 is 2.47 bits per heavy atom. The molecule has 5 rings (SSSR count). The molecule has 4 aromatic rings. The fourth-order valence-corrected chi connectivity index (χ4v) is 6.90. The average Bonchev–Trinajstić information content (AvgIpc) is 3.58. The molecule has 0 radical (unpaired) electrons. The SMILES string of the molecule is COC(=O)c1ccc(C(=O)NCCCCCNC(=O)C[C@@H]2N=C(c3ccc(Cl)cc3)c3c(sc(C)c3C)-n3c(C)nnc32)cc1C#CCN. The first-order chi connectivity index (χ1) is 23.6. The number of hydrogen-bond acceptors (Lipinski definition) is 9. The molecule has 1 aliphatic rings. The Hall–Kier alpha value is -4.83. The van der Waals surface area contributed by atoms with Crippen molar-refractivity contribution in [1.29, 1.82) is 0 Å². The fraction of sp³-hybridized carbons (Fsp3) is 0.333. The molecule has 1 aliphatic heterocycles. The Morgan fingerprint density at radius 2 is 1.76 bits per heavy atom. The number of rotatable bonds is 11. The highest BCUT2D eigenvalue weighted by Crippen LogP contribution is 2.39. The summed E-state index contributed by atoms with van der Waals surface area (Å²) >= 11 is 7.87. The van der Waals surface area contributed by atoms with Gasteiger partial charge in [0.2, 0.25) is 5.91 Å². The minimum Gasteiger partial charge on any atom is -0.465 e. The largest absolute Gasteiger partial charge is 0.465 e. The van der Waals surface area contributed by atoms with Crippen molar-refractivity contribution in [3.8, 4) is 16.8 Å². The Kier molecular flexibility index (Phi) is 11.6. The summed E-state index contributed by atoms with van der Waals surface area (Å²) in [6.07, 6.45) is 2.38. The zero-order valence-corrected chi connectivity index (χ0v) is 29.4. The van der Waals surface area contributed by atoms with Crippen LogP contribution >= 0.6 is 22.9 Å². The number of nitrogens with two attached hydrogens (primary N) is 1. The Morgan fingerprint density at radius 1 is 1.02 bits per heavy atom. The van der Waals surface area contributed by atoms with Gasteiger partial charge in [0.1, 0.15) is 16.9 Å². The van der Waals surface area contributed by atoms with Crippen molar-refractivity contribution < 1.29 is 19.1 Å². The fourth-order valence-electron chi connectivity index (χ4n) is 5.56. The molecular weight excluding hydrogens is 662 g/mol. The molecule has 2 amide bonds. The number of hydrogen-bond donors (Lipinski definition) is 3. The van der Waals surface area contributed by atoms with Gasteiger partial charge in [-0.3, -0.25) is 19.1 Å². The highest BCUT2D eigenvalue weighted by Gasteiger charge is 2.32. The zero-order valence-electron chi connectivity index (χ0n) is 27.9. The molecule has 0 bridgehead atoms. The van der Waals surface area contributed by atoms with Crippen LogP contribution in [0.25, 0.3) is 5.00 Å². The van der Waals surface area contributed by atoms with E-state index in [2.05, 4.69) is 46.5 Å². The van der Waals surface area contributed by atoms with E-state index < -0.39 is 12.0 Å². The van der Waals surface area contributed by atoms with Crippen LogP contribution in [0.5, 0.6) is 0 Å². The summed E-state index contributed by atoms with van der Waals surface area (Å²) < 4.78 is 6.83. The normalized spacial score (nSPS) is 13.3. The topological polar surface area (TPSA) is 154 Å². The summed E-state index contributed by atoms with van der Waals surface area (Å²) in [5.74, 6) is 5.96. The third-order valence-corrected chi connectivity index (χ3v) is 9.65. The maximum atomic E-state index is 13.2. The lowest BCUT2D eigenvalue weighted by atomic mass is 9.99. The number of nitrogens with zero attached hydrogens (tertiary/aromatic N) is 4. The number of benzene rings is 2. The van der Waals surface area contributed by atoms with Crippen molar-refractivity contribution in [2.75, 3.05) is 26.7 Å². The van der Waals surface area contributed by atoms with Gasteiger partial charge in [-0.15, -0.1) is 21.5 Å². The number of amides is 2. The van der Waals surface area contributed by atoms with Crippen molar-refractivity contribution in [3.05, 3.63) is 97.4 Å². The third-order valence-electron chi connectivity index (χ3n) is 8.21. The lowest BCUT2D eigenvalue weighted by Crippen LogP contribution is -2.27. The molecule has 0 unspecified atom stereocenters. The number of nitrogens with one attached hydrogen (secondary N) is 2. The van der Waals surface area contributed by atoms with Crippen molar-refractivity contribution in [2.24, 2.45) is 10.7 Å². The molecular formula is C36H38ClN7O4S. The van der Waals surface area contributed by atoms with Gasteiger partial charge in [-0.1, -0.05) is 35.6 Å². The van der Waals surface area contributed by atoms with E-state index in [0.717, 1.165) is 52.5 Å². The van der Waals surface area contributed by atoms with Crippen molar-refractivity contribution in [1.82, 2.24) is 25.4 Å². The van der Waals surface area contributed by atoms with Crippen LogP contribution in [0.4, 0.5) is 0 Å². The number of aryl methyl sites for hydroxylation is 2. The summed E-state index contributed by atoms with van der Waals surface area (Å²) in [6, 6.07) is 11.7. The zero-order chi connectivity index (χ0) is 35.1. The maximum Gasteiger partial charge on any atom is 0.339 e. The molecule has 1 atom stereocenters. The second-order valence-corrected chi connectivity index (χ2v) is 13.2. The van der Waals surface area contributed by atoms with E-state index in [0.29, 0.717) is 35.1 Å². The number of aromatic nitrogens is 3. The van der Waals surface area contributed by atoms with Crippen molar-refractivity contribution >= 4 is 46.4 Å². The lowest BCUT2D eigenvalue weighted by molar-refractivity contribution is -0.121. The number of unbranched alkanes of at least 4 members (excludes halogenated alkanes) is 2. The van der Waals surface area contributed by atoms with E-state index in [1.807, 2.05) is 35.8 Å². The van der Waals surface area contributed by atoms with Crippen LogP contribution in [-0.4, -0.2) is 65.0 Å². The van der Waals surface area contributed by atoms with E-state index in [9.17, 15) is 14.4 Å². The van der Waals surface area contributed by atoms with E-state index in [1.54, 1.807) is 23.5 Å². The number of carbonyl (C=O) groups is 3. The summed E-state index contributed by atoms with van der Waals surface area (Å²) in [6.45, 7) is 7.16. The van der Waals surface area contributed by atoms with Gasteiger partial charge in [0, 0.05) is 45.2 Å². The predicted molar refractivity (Wildman–Crippen MR) is 191 cm³/mol. The standard InChI is InChI=1S/C36H38ClN7O4S/c1-21-22(2)49-35-31(21)32(24-10-13-27(37)14-11-24)41-29(33-43-42-23(3)44(33)35)20-30(45)39-17-6-5-7-18-40-34(46)26-12-15-28(36(47)48-4)25(19-26)9-8-16-38/h10-15,19,29H,5-7,16-18,20,38H2,1-4H3,(H,39,45)(H,40,46)/t29-/m0/s1. The predicted octanol–water partition coefficient (Wildman–Crippen LogP) is 5.00. The molecule has 3 heterocycles. The first-order valence-corrected chi connectivity index (χ1v) is 17.1. The summed E-state index contributed by atoms with van der Waals surface area (Å²) in [5, 5.41) is 16.4. The van der Waals surface area contributed by atoms with Gasteiger partial charge >= 0.3 is 5.97 Å². The van der Waals surface area contributed by atoms with Crippen LogP contribution in [0.2, 0.25) is 5.02 Å². The van der Waals surface area contributed by atoms with Crippen LogP contribution < -0.4 is 16.4 Å². The molecule has 0 fully saturated rings. The average molecular weight is 700 g/mol. The first-order valence-electron chi connectivity index (χ1n) is 16.0. The highest BCUT2D eigenvalue weighted by atomic mass is 35.5. The number of thiophene rings is 1. The molecule has 13 heteroatoms. The van der Waals surface area contributed by atoms with Crippen LogP contribution in [0.3, 0.4) is 0 Å². The van der Waals surface area contributed by atoms with Crippen molar-refractivity contribution in [2.45, 2.75) is 52.5 Å². The van der Waals surface area contributed by atoms with Gasteiger partial charge in [-0.05, 0) is 75.9 Å². The molecule has 2 aromatic carbocycles. The van der Waals surface area contributed by atoms with Crippen molar-refractivity contribution in [3.63, 3.8) is 0 Å². The van der Waals surface area contributed by atoms with Crippen LogP contribution in [0, 0.1) is 32.6 Å². The van der Waals surface area contributed by atoms with E-state index in [1.165, 1.54) is 18.1 Å². The number of methoxy groups -OCH3 is 1. The summed E-state index contributed by atoms with van der Waals surface area (Å²) in [5.41, 5.74) is 10.4. The number of carbonyl (C=O) groups excluding carboxylic acids is 3. The molecule has 49 heavy (non-hydrogen) atoms. The second-order valence-electron chi connectivity index (χ2n) is 11.5. The quantitative estimate of drug-likeness (QED) is 0.113. The molecule has 11 nitrogen and oxygen atoms in total. The van der Waals surface area contributed by atoms with Gasteiger partial charge in [0.05, 0.1) is 31.4 Å².